The van der Waals surface area contributed by atoms with Gasteiger partial charge in [-0.2, -0.15) is 0 Å². The summed E-state index contributed by atoms with van der Waals surface area (Å²) in [6, 6.07) is 0.126. The highest BCUT2D eigenvalue weighted by Gasteiger charge is 2.44. The number of carbonyl (C=O) groups is 11. The van der Waals surface area contributed by atoms with E-state index in [1.54, 1.807) is 52.9 Å². The summed E-state index contributed by atoms with van der Waals surface area (Å²) in [5.74, 6) is -5.94. The molecule has 2 fully saturated rings. The highest BCUT2D eigenvalue weighted by molar-refractivity contribution is 6.01. The van der Waals surface area contributed by atoms with Crippen molar-refractivity contribution in [3.8, 4) is 0 Å². The van der Waals surface area contributed by atoms with Crippen LogP contribution < -0.4 is 43.4 Å². The van der Waals surface area contributed by atoms with Crippen molar-refractivity contribution in [1.29, 1.82) is 0 Å². The minimum absolute atomic E-state index is 0.00149. The fourth-order valence-electron chi connectivity index (χ4n) is 12.1. The molecular formula is C64H108N12O13. The van der Waals surface area contributed by atoms with E-state index in [0.29, 0.717) is 63.8 Å². The van der Waals surface area contributed by atoms with E-state index in [4.69, 9.17) is 20.9 Å². The first-order chi connectivity index (χ1) is 41.8. The molecule has 2 aliphatic rings. The van der Waals surface area contributed by atoms with E-state index in [-0.39, 0.29) is 90.7 Å². The molecule has 0 saturated carbocycles. The Labute approximate surface area is 528 Å². The number of benzene rings is 1. The Bertz CT molecular complexity index is 2530. The molecule has 0 aromatic heterocycles. The predicted molar refractivity (Wildman–Crippen MR) is 339 cm³/mol. The second-order valence-electron chi connectivity index (χ2n) is 25.4. The van der Waals surface area contributed by atoms with Crippen molar-refractivity contribution < 1.29 is 62.2 Å². The number of primary amides is 1. The van der Waals surface area contributed by atoms with Gasteiger partial charge in [0.05, 0.1) is 49.1 Å². The molecule has 10 N–H and O–H groups in total. The van der Waals surface area contributed by atoms with Crippen LogP contribution in [0.2, 0.25) is 0 Å². The summed E-state index contributed by atoms with van der Waals surface area (Å²) in [7, 11) is 8.41. The highest BCUT2D eigenvalue weighted by atomic mass is 16.5. The summed E-state index contributed by atoms with van der Waals surface area (Å²) in [4.78, 5) is 153. The van der Waals surface area contributed by atoms with Crippen LogP contribution in [0, 0.1) is 35.5 Å². The number of rotatable bonds is 36. The number of hydrogen-bond donors (Lipinski definition) is 8. The molecule has 13 atom stereocenters. The number of hydrogen-bond acceptors (Lipinski definition) is 15. The average molecular weight is 1250 g/mol. The summed E-state index contributed by atoms with van der Waals surface area (Å²) in [6.07, 6.45) is 1.92. The molecule has 1 aromatic carbocycles. The lowest BCUT2D eigenvalue weighted by atomic mass is 9.85. The van der Waals surface area contributed by atoms with Crippen LogP contribution in [0.15, 0.2) is 24.3 Å². The van der Waals surface area contributed by atoms with Gasteiger partial charge in [-0.25, -0.2) is 0 Å². The van der Waals surface area contributed by atoms with Gasteiger partial charge < -0.3 is 67.5 Å². The Morgan fingerprint density at radius 3 is 1.80 bits per heavy atom. The smallest absolute Gasteiger partial charge is 0.247 e. The van der Waals surface area contributed by atoms with Crippen LogP contribution in [0.3, 0.4) is 0 Å². The van der Waals surface area contributed by atoms with Gasteiger partial charge in [-0.3, -0.25) is 57.6 Å². The van der Waals surface area contributed by atoms with Gasteiger partial charge in [0.25, 0.3) is 0 Å². The van der Waals surface area contributed by atoms with Crippen molar-refractivity contribution in [2.45, 2.75) is 207 Å². The van der Waals surface area contributed by atoms with E-state index in [9.17, 15) is 52.7 Å². The number of nitrogens with zero attached hydrogens (tertiary/aromatic N) is 4. The summed E-state index contributed by atoms with van der Waals surface area (Å²) >= 11 is 0. The van der Waals surface area contributed by atoms with Crippen molar-refractivity contribution in [1.82, 2.24) is 46.2 Å². The summed E-state index contributed by atoms with van der Waals surface area (Å²) in [5, 5.41) is 16.2. The number of likely N-dealkylation sites (N-methyl/N-ethyl adjacent to an activating group) is 2. The van der Waals surface area contributed by atoms with Gasteiger partial charge in [0.2, 0.25) is 59.1 Å². The number of nitrogens with two attached hydrogens (primary N) is 2. The van der Waals surface area contributed by atoms with Crippen LogP contribution in [-0.2, 0) is 68.6 Å². The molecule has 0 aliphatic carbocycles. The first kappa shape index (κ1) is 76.7. The second-order valence-corrected chi connectivity index (χ2v) is 25.4. The van der Waals surface area contributed by atoms with Gasteiger partial charge in [-0.1, -0.05) is 80.9 Å². The number of amides is 10. The van der Waals surface area contributed by atoms with Crippen LogP contribution in [0.1, 0.15) is 146 Å². The molecule has 3 rings (SSSR count). The van der Waals surface area contributed by atoms with E-state index in [0.717, 1.165) is 12.0 Å². The largest absolute Gasteiger partial charge is 0.379 e. The minimum Gasteiger partial charge on any atom is -0.379 e. The van der Waals surface area contributed by atoms with Crippen LogP contribution in [0.5, 0.6) is 0 Å². The van der Waals surface area contributed by atoms with Crippen molar-refractivity contribution in [3.05, 3.63) is 29.8 Å². The van der Waals surface area contributed by atoms with Gasteiger partial charge in [0.15, 0.2) is 0 Å². The molecule has 2 heterocycles. The Hall–Kier alpha value is -6.57. The lowest BCUT2D eigenvalue weighted by molar-refractivity contribution is -0.148. The van der Waals surface area contributed by atoms with E-state index in [2.05, 4.69) is 31.9 Å². The topological polar surface area (TPSA) is 343 Å². The number of likely N-dealkylation sites (tertiary alicyclic amines) is 2. The third kappa shape index (κ3) is 22.7. The SMILES string of the molecule is CCC(C)C(=O)C1CCN(C(=O)CCC(=O)N[C@@H](C)C(=O)N[C@@H](C)C(=O)N[C@@H](CC(N)=O)C(=O)Nc2ccc(C[C@@H](CN)NC(=O)[C@H](C)[C@@H](OC)[C@@H]3CCCN3C(=O)C[C@@H](OC)[C@H]([C@@H](C)CC)N(C)C(=O)[C@@H](NC(=O)C(C(C)C)N(C)C)C(C)C)cc2)CC1. The van der Waals surface area contributed by atoms with E-state index in [1.807, 2.05) is 74.4 Å². The van der Waals surface area contributed by atoms with Crippen LogP contribution in [-0.4, -0.2) is 207 Å². The minimum atomic E-state index is -1.44. The van der Waals surface area contributed by atoms with Gasteiger partial charge in [0, 0.05) is 83.9 Å². The van der Waals surface area contributed by atoms with E-state index in [1.165, 1.54) is 28.1 Å². The maximum Gasteiger partial charge on any atom is 0.247 e. The normalized spacial score (nSPS) is 18.6. The Morgan fingerprint density at radius 2 is 1.27 bits per heavy atom. The molecule has 502 valence electrons. The first-order valence-electron chi connectivity index (χ1n) is 31.8. The maximum atomic E-state index is 14.5. The van der Waals surface area contributed by atoms with Crippen molar-refractivity contribution >= 4 is 70.5 Å². The van der Waals surface area contributed by atoms with Gasteiger partial charge in [0.1, 0.15) is 30.0 Å². The van der Waals surface area contributed by atoms with Gasteiger partial charge in [-0.15, -0.1) is 0 Å². The molecule has 2 unspecified atom stereocenters. The quantitative estimate of drug-likeness (QED) is 0.0478. The van der Waals surface area contributed by atoms with Crippen LogP contribution in [0.25, 0.3) is 0 Å². The number of nitrogens with one attached hydrogen (secondary N) is 6. The number of Topliss-reactive ketones (excluding diaryl/α,β-unsaturated/α-hetero) is 1. The van der Waals surface area contributed by atoms with Crippen molar-refractivity contribution in [3.63, 3.8) is 0 Å². The lowest BCUT2D eigenvalue weighted by Gasteiger charge is -2.41. The number of anilines is 1. The van der Waals surface area contributed by atoms with Crippen molar-refractivity contribution in [2.75, 3.05) is 66.9 Å². The zero-order valence-electron chi connectivity index (χ0n) is 55.9. The predicted octanol–water partition coefficient (Wildman–Crippen LogP) is 2.26. The highest BCUT2D eigenvalue weighted by Crippen LogP contribution is 2.30. The standard InChI is InChI=1S/C64H108N12O13/c1-17-38(7)56(74(14)64(87)54(36(3)4)72-63(86)55(37(5)6)73(12)13)49(88-15)34-53(80)76-29-19-20-48(76)58(89-16)40(9)59(82)70-46(35-65)32-43-21-23-45(24-22-43)69-62(85)47(33-50(66)77)71-61(84)42(11)68-60(83)41(10)67-51(78)25-26-52(79)75-30-27-44(28-31-75)57(81)39(8)18-2/h21-24,36-42,44,46-49,54-56,58H,17-20,25-35,65H2,1-16H3,(H2,66,77)(H,67,78)(H,68,83)(H,69,85)(H,70,82)(H,71,84)(H,72,86)/t38-,39?,40+,41-,42-,46-,47-,48-,49+,54-,55?,56-,58+/m0/s1. The molecule has 1 aromatic rings. The van der Waals surface area contributed by atoms with Gasteiger partial charge >= 0.3 is 0 Å². The first-order valence-corrected chi connectivity index (χ1v) is 31.8. The molecule has 89 heavy (non-hydrogen) atoms. The lowest BCUT2D eigenvalue weighted by Crippen LogP contribution is -2.59. The molecule has 10 amide bonds. The summed E-state index contributed by atoms with van der Waals surface area (Å²) in [6.45, 7) is 21.5. The zero-order chi connectivity index (χ0) is 67.1. The Balaban J connectivity index is 1.59. The molecule has 2 aliphatic heterocycles. The Morgan fingerprint density at radius 1 is 0.663 bits per heavy atom. The van der Waals surface area contributed by atoms with E-state index < -0.39 is 102 Å². The van der Waals surface area contributed by atoms with E-state index >= 15 is 0 Å². The van der Waals surface area contributed by atoms with Crippen LogP contribution in [0.4, 0.5) is 5.69 Å². The fourth-order valence-corrected chi connectivity index (χ4v) is 12.1. The molecule has 0 bridgehead atoms. The number of methoxy groups -OCH3 is 2. The second kappa shape index (κ2) is 36.9. The Kier molecular flexibility index (Phi) is 31.8. The van der Waals surface area contributed by atoms with Gasteiger partial charge in [-0.05, 0) is 102 Å². The molecule has 25 nitrogen and oxygen atoms in total. The molecule has 2 saturated heterocycles. The maximum absolute atomic E-state index is 14.5. The number of carbonyl (C=O) groups excluding carboxylic acids is 11. The van der Waals surface area contributed by atoms with Crippen molar-refractivity contribution in [2.24, 2.45) is 47.0 Å². The molecule has 0 spiro atoms. The zero-order valence-corrected chi connectivity index (χ0v) is 55.9. The molecular weight excluding hydrogens is 1140 g/mol. The summed E-state index contributed by atoms with van der Waals surface area (Å²) in [5.41, 5.74) is 12.7. The fraction of sp³-hybridized carbons (Fsp3) is 0.734. The third-order valence-electron chi connectivity index (χ3n) is 17.8. The third-order valence-corrected chi connectivity index (χ3v) is 17.8. The molecule has 25 heteroatoms. The number of ether oxygens (including phenoxy) is 2. The average Bonchev–Trinajstić information content (AvgIpc) is 2.96. The number of piperidine rings is 1. The summed E-state index contributed by atoms with van der Waals surface area (Å²) < 4.78 is 12.1. The number of ketones is 1. The molecule has 0 radical (unpaired) electrons. The van der Waals surface area contributed by atoms with Crippen LogP contribution >= 0.6 is 0 Å². The monoisotopic (exact) mass is 1250 g/mol.